The number of fused-ring (bicyclic) bond motifs is 1. The van der Waals surface area contributed by atoms with Crippen molar-refractivity contribution in [3.63, 3.8) is 0 Å². The number of hydrogen-bond donors (Lipinski definition) is 1. The molecule has 174 valence electrons. The summed E-state index contributed by atoms with van der Waals surface area (Å²) in [5, 5.41) is 1.80. The number of aromatic nitrogens is 1. The third kappa shape index (κ3) is 4.20. The SMILES string of the molecule is COc1ccc(-c2c3cc(OC)c(OC)cc3cc(C)[n+]2NC(=O)c2ccccc2)cc1OC. The van der Waals surface area contributed by atoms with Crippen molar-refractivity contribution in [3.8, 4) is 34.3 Å². The molecule has 0 saturated carbocycles. The molecular weight excluding hydrogens is 432 g/mol. The summed E-state index contributed by atoms with van der Waals surface area (Å²) in [7, 11) is 6.39. The molecule has 0 aliphatic rings. The lowest BCUT2D eigenvalue weighted by Crippen LogP contribution is -2.52. The molecule has 1 aromatic heterocycles. The molecule has 0 atom stereocenters. The first kappa shape index (κ1) is 22.9. The van der Waals surface area contributed by atoms with Gasteiger partial charge in [-0.15, -0.1) is 5.43 Å². The minimum Gasteiger partial charge on any atom is -0.493 e. The molecule has 0 fully saturated rings. The van der Waals surface area contributed by atoms with Gasteiger partial charge >= 0.3 is 5.91 Å². The van der Waals surface area contributed by atoms with E-state index in [9.17, 15) is 4.79 Å². The summed E-state index contributed by atoms with van der Waals surface area (Å²) in [5.74, 6) is 2.17. The maximum Gasteiger partial charge on any atom is 0.305 e. The van der Waals surface area contributed by atoms with Crippen LogP contribution in [0.4, 0.5) is 0 Å². The van der Waals surface area contributed by atoms with Gasteiger partial charge in [0.25, 0.3) is 5.69 Å². The Morgan fingerprint density at radius 2 is 1.35 bits per heavy atom. The van der Waals surface area contributed by atoms with Crippen molar-refractivity contribution in [2.75, 3.05) is 33.9 Å². The summed E-state index contributed by atoms with van der Waals surface area (Å²) in [6.07, 6.45) is 0. The van der Waals surface area contributed by atoms with Gasteiger partial charge in [-0.3, -0.25) is 4.79 Å². The maximum absolute atomic E-state index is 13.1. The van der Waals surface area contributed by atoms with Crippen LogP contribution >= 0.6 is 0 Å². The number of carbonyl (C=O) groups is 1. The Morgan fingerprint density at radius 1 is 0.735 bits per heavy atom. The van der Waals surface area contributed by atoms with Gasteiger partial charge < -0.3 is 18.9 Å². The molecule has 0 radical (unpaired) electrons. The van der Waals surface area contributed by atoms with Crippen LogP contribution in [0.5, 0.6) is 23.0 Å². The van der Waals surface area contributed by atoms with E-state index in [1.807, 2.05) is 61.5 Å². The van der Waals surface area contributed by atoms with E-state index in [0.29, 0.717) is 28.6 Å². The van der Waals surface area contributed by atoms with Crippen LogP contribution < -0.4 is 29.0 Å². The monoisotopic (exact) mass is 459 g/mol. The molecule has 1 amide bonds. The highest BCUT2D eigenvalue weighted by Gasteiger charge is 2.26. The van der Waals surface area contributed by atoms with Gasteiger partial charge in [0.05, 0.1) is 39.4 Å². The molecule has 0 saturated heterocycles. The van der Waals surface area contributed by atoms with E-state index in [0.717, 1.165) is 27.7 Å². The van der Waals surface area contributed by atoms with Gasteiger partial charge in [-0.1, -0.05) is 22.9 Å². The van der Waals surface area contributed by atoms with Crippen molar-refractivity contribution >= 4 is 16.7 Å². The molecule has 0 bridgehead atoms. The number of benzene rings is 3. The number of carbonyl (C=O) groups excluding carboxylic acids is 1. The maximum atomic E-state index is 13.1. The number of amides is 1. The van der Waals surface area contributed by atoms with Gasteiger partial charge in [0.15, 0.2) is 23.0 Å². The zero-order chi connectivity index (χ0) is 24.2. The summed E-state index contributed by atoms with van der Waals surface area (Å²) in [6.45, 7) is 1.94. The average molecular weight is 460 g/mol. The van der Waals surface area contributed by atoms with Crippen LogP contribution in [0.1, 0.15) is 16.1 Å². The third-order valence-electron chi connectivity index (χ3n) is 5.66. The molecule has 0 unspecified atom stereocenters. The Bertz CT molecular complexity index is 1350. The van der Waals surface area contributed by atoms with Crippen LogP contribution in [0.3, 0.4) is 0 Å². The topological polar surface area (TPSA) is 69.9 Å². The van der Waals surface area contributed by atoms with Crippen LogP contribution in [0.15, 0.2) is 66.7 Å². The van der Waals surface area contributed by atoms with Crippen LogP contribution in [-0.2, 0) is 0 Å². The predicted molar refractivity (Wildman–Crippen MR) is 131 cm³/mol. The number of pyridine rings is 1. The molecule has 1 N–H and O–H groups in total. The molecule has 3 aromatic carbocycles. The van der Waals surface area contributed by atoms with E-state index in [2.05, 4.69) is 5.43 Å². The van der Waals surface area contributed by atoms with Crippen molar-refractivity contribution in [1.29, 1.82) is 0 Å². The summed E-state index contributed by atoms with van der Waals surface area (Å²) in [5.41, 5.74) is 6.03. The number of nitrogens with one attached hydrogen (secondary N) is 1. The van der Waals surface area contributed by atoms with Gasteiger partial charge in [-0.25, -0.2) is 0 Å². The van der Waals surface area contributed by atoms with Gasteiger partial charge in [0.2, 0.25) is 5.69 Å². The first-order valence-corrected chi connectivity index (χ1v) is 10.7. The Hall–Kier alpha value is -4.26. The van der Waals surface area contributed by atoms with E-state index < -0.39 is 0 Å². The fourth-order valence-corrected chi connectivity index (χ4v) is 3.97. The lowest BCUT2D eigenvalue weighted by molar-refractivity contribution is -0.635. The second-order valence-electron chi connectivity index (χ2n) is 7.64. The number of methoxy groups -OCH3 is 4. The van der Waals surface area contributed by atoms with Crippen LogP contribution in [0.2, 0.25) is 0 Å². The van der Waals surface area contributed by atoms with E-state index in [4.69, 9.17) is 18.9 Å². The Kier molecular flexibility index (Phi) is 6.54. The minimum absolute atomic E-state index is 0.227. The largest absolute Gasteiger partial charge is 0.493 e. The van der Waals surface area contributed by atoms with Crippen molar-refractivity contribution in [2.24, 2.45) is 0 Å². The number of ether oxygens (including phenoxy) is 4. The Labute approximate surface area is 198 Å². The lowest BCUT2D eigenvalue weighted by Gasteiger charge is -2.14. The molecule has 0 aliphatic carbocycles. The number of aryl methyl sites for hydroxylation is 1. The standard InChI is InChI=1S/C27H26N2O5/c1-17-13-20-15-24(33-4)25(34-5)16-21(20)26(19-11-12-22(31-2)23(14-19)32-3)29(17)28-27(30)18-9-7-6-8-10-18/h6-16H,1-5H3/p+1. The first-order chi connectivity index (χ1) is 16.5. The fourth-order valence-electron chi connectivity index (χ4n) is 3.97. The molecule has 1 heterocycles. The average Bonchev–Trinajstić information content (AvgIpc) is 2.88. The highest BCUT2D eigenvalue weighted by Crippen LogP contribution is 2.38. The van der Waals surface area contributed by atoms with Crippen molar-refractivity contribution < 1.29 is 28.4 Å². The second kappa shape index (κ2) is 9.70. The predicted octanol–water partition coefficient (Wildman–Crippen LogP) is 4.52. The van der Waals surface area contributed by atoms with Gasteiger partial charge in [0.1, 0.15) is 0 Å². The second-order valence-corrected chi connectivity index (χ2v) is 7.64. The molecule has 0 aliphatic heterocycles. The summed E-state index contributed by atoms with van der Waals surface area (Å²) in [6, 6.07) is 20.6. The van der Waals surface area contributed by atoms with Crippen LogP contribution in [0.25, 0.3) is 22.0 Å². The lowest BCUT2D eigenvalue weighted by atomic mass is 10.0. The van der Waals surface area contributed by atoms with Crippen LogP contribution in [-0.4, -0.2) is 34.3 Å². The Morgan fingerprint density at radius 3 is 2.00 bits per heavy atom. The van der Waals surface area contributed by atoms with E-state index in [1.165, 1.54) is 0 Å². The van der Waals surface area contributed by atoms with Gasteiger partial charge in [-0.05, 0) is 47.9 Å². The summed E-state index contributed by atoms with van der Waals surface area (Å²) in [4.78, 5) is 13.1. The molecule has 7 heteroatoms. The summed E-state index contributed by atoms with van der Waals surface area (Å²) < 4.78 is 23.8. The minimum atomic E-state index is -0.227. The van der Waals surface area contributed by atoms with E-state index in [1.54, 1.807) is 45.2 Å². The molecular formula is C27H27N2O5+. The molecule has 7 nitrogen and oxygen atoms in total. The third-order valence-corrected chi connectivity index (χ3v) is 5.66. The number of nitrogens with zero attached hydrogens (tertiary/aromatic N) is 1. The van der Waals surface area contributed by atoms with Gasteiger partial charge in [-0.2, -0.15) is 0 Å². The van der Waals surface area contributed by atoms with Crippen molar-refractivity contribution in [2.45, 2.75) is 6.92 Å². The van der Waals surface area contributed by atoms with Crippen LogP contribution in [0, 0.1) is 6.92 Å². The zero-order valence-electron chi connectivity index (χ0n) is 19.8. The van der Waals surface area contributed by atoms with Crippen molar-refractivity contribution in [1.82, 2.24) is 0 Å². The van der Waals surface area contributed by atoms with E-state index in [-0.39, 0.29) is 5.91 Å². The number of rotatable bonds is 7. The van der Waals surface area contributed by atoms with Crippen molar-refractivity contribution in [3.05, 3.63) is 78.0 Å². The molecule has 0 spiro atoms. The molecule has 4 aromatic rings. The van der Waals surface area contributed by atoms with Gasteiger partial charge in [0, 0.05) is 18.6 Å². The summed E-state index contributed by atoms with van der Waals surface area (Å²) >= 11 is 0. The normalized spacial score (nSPS) is 10.6. The highest BCUT2D eigenvalue weighted by molar-refractivity contribution is 6.00. The first-order valence-electron chi connectivity index (χ1n) is 10.7. The number of hydrogen-bond acceptors (Lipinski definition) is 5. The quantitative estimate of drug-likeness (QED) is 0.412. The van der Waals surface area contributed by atoms with E-state index >= 15 is 0 Å². The molecule has 4 rings (SSSR count). The zero-order valence-corrected chi connectivity index (χ0v) is 19.8. The Balaban J connectivity index is 2.00. The molecule has 34 heavy (non-hydrogen) atoms. The highest BCUT2D eigenvalue weighted by atomic mass is 16.5. The smallest absolute Gasteiger partial charge is 0.305 e. The fraction of sp³-hybridized carbons (Fsp3) is 0.185.